The van der Waals surface area contributed by atoms with E-state index in [0.717, 1.165) is 30.3 Å². The van der Waals surface area contributed by atoms with Gasteiger partial charge in [-0.15, -0.1) is 0 Å². The van der Waals surface area contributed by atoms with Gasteiger partial charge in [0.05, 0.1) is 22.6 Å². The van der Waals surface area contributed by atoms with Gasteiger partial charge in [0.25, 0.3) is 5.56 Å². The molecule has 2 aromatic carbocycles. The lowest BCUT2D eigenvalue weighted by atomic mass is 10.0. The number of benzene rings is 2. The minimum absolute atomic E-state index is 0.305. The molecule has 0 fully saturated rings. The third-order valence-corrected chi connectivity index (χ3v) is 6.94. The summed E-state index contributed by atoms with van der Waals surface area (Å²) in [6.45, 7) is -0.719. The standard InChI is InChI=1S/C26H14F8N2O4S/c1-41(38,39)17-7-14(6-15(8-17)25(29,30)31)21-4-5-22(40-21)19-12-36(11-13-2-3-16(27)9-20(13)28)24(37)18(10-35)23(19)26(32,33)34/h2-9,12H,11H2,1H3. The molecule has 214 valence electrons. The van der Waals surface area contributed by atoms with E-state index in [9.17, 15) is 53.6 Å². The van der Waals surface area contributed by atoms with Crippen molar-refractivity contribution in [2.45, 2.75) is 23.8 Å². The molecule has 0 atom stereocenters. The minimum Gasteiger partial charge on any atom is -0.456 e. The van der Waals surface area contributed by atoms with Crippen LogP contribution in [0.25, 0.3) is 22.6 Å². The second kappa shape index (κ2) is 10.2. The van der Waals surface area contributed by atoms with E-state index in [1.54, 1.807) is 0 Å². The van der Waals surface area contributed by atoms with Gasteiger partial charge < -0.3 is 8.98 Å². The normalized spacial score (nSPS) is 12.4. The summed E-state index contributed by atoms with van der Waals surface area (Å²) in [6.07, 6.45) is -9.01. The van der Waals surface area contributed by atoms with Crippen molar-refractivity contribution in [2.24, 2.45) is 0 Å². The van der Waals surface area contributed by atoms with Gasteiger partial charge in [-0.05, 0) is 36.4 Å². The van der Waals surface area contributed by atoms with Gasteiger partial charge in [0.15, 0.2) is 9.84 Å². The number of aromatic nitrogens is 1. The maximum Gasteiger partial charge on any atom is 0.418 e. The van der Waals surface area contributed by atoms with E-state index >= 15 is 0 Å². The molecule has 2 heterocycles. The number of alkyl halides is 6. The Morgan fingerprint density at radius 1 is 0.927 bits per heavy atom. The Kier molecular flexibility index (Phi) is 7.34. The molecule has 0 spiro atoms. The second-order valence-electron chi connectivity index (χ2n) is 8.75. The van der Waals surface area contributed by atoms with Crippen LogP contribution in [0.3, 0.4) is 0 Å². The molecule has 0 saturated heterocycles. The summed E-state index contributed by atoms with van der Waals surface area (Å²) >= 11 is 0. The number of hydrogen-bond acceptors (Lipinski definition) is 5. The maximum absolute atomic E-state index is 14.2. The number of nitrogens with zero attached hydrogens (tertiary/aromatic N) is 2. The fraction of sp³-hybridized carbons (Fsp3) is 0.154. The molecule has 4 rings (SSSR count). The van der Waals surface area contributed by atoms with Crippen molar-refractivity contribution in [2.75, 3.05) is 6.26 Å². The highest BCUT2D eigenvalue weighted by Gasteiger charge is 2.40. The van der Waals surface area contributed by atoms with Crippen molar-refractivity contribution in [3.05, 3.63) is 99.0 Å². The Morgan fingerprint density at radius 2 is 1.59 bits per heavy atom. The molecule has 41 heavy (non-hydrogen) atoms. The Hall–Kier alpha value is -4.45. The third kappa shape index (κ3) is 6.02. The topological polar surface area (TPSA) is 93.1 Å². The quantitative estimate of drug-likeness (QED) is 0.246. The highest BCUT2D eigenvalue weighted by molar-refractivity contribution is 7.90. The number of sulfone groups is 1. The highest BCUT2D eigenvalue weighted by Crippen LogP contribution is 2.41. The zero-order valence-electron chi connectivity index (χ0n) is 20.4. The molecule has 0 N–H and O–H groups in total. The van der Waals surface area contributed by atoms with Crippen molar-refractivity contribution in [1.82, 2.24) is 4.57 Å². The Morgan fingerprint density at radius 3 is 2.15 bits per heavy atom. The molecule has 2 aromatic heterocycles. The molecular weight excluding hydrogens is 588 g/mol. The lowest BCUT2D eigenvalue weighted by Crippen LogP contribution is -2.28. The Balaban J connectivity index is 1.94. The Bertz CT molecular complexity index is 1880. The monoisotopic (exact) mass is 602 g/mol. The summed E-state index contributed by atoms with van der Waals surface area (Å²) in [4.78, 5) is 12.0. The molecule has 0 amide bonds. The van der Waals surface area contributed by atoms with Gasteiger partial charge in [-0.3, -0.25) is 4.79 Å². The van der Waals surface area contributed by atoms with Gasteiger partial charge in [-0.2, -0.15) is 31.6 Å². The van der Waals surface area contributed by atoms with E-state index in [-0.39, 0.29) is 5.56 Å². The van der Waals surface area contributed by atoms with Crippen molar-refractivity contribution < 1.29 is 48.0 Å². The van der Waals surface area contributed by atoms with Crippen molar-refractivity contribution in [3.8, 4) is 28.7 Å². The van der Waals surface area contributed by atoms with Crippen LogP contribution in [0.5, 0.6) is 0 Å². The average molecular weight is 602 g/mol. The maximum atomic E-state index is 14.2. The lowest BCUT2D eigenvalue weighted by molar-refractivity contribution is -0.138. The van der Waals surface area contributed by atoms with E-state index in [1.165, 1.54) is 6.07 Å². The molecule has 0 aliphatic carbocycles. The first-order valence-electron chi connectivity index (χ1n) is 11.1. The van der Waals surface area contributed by atoms with Gasteiger partial charge >= 0.3 is 12.4 Å². The van der Waals surface area contributed by atoms with Crippen molar-refractivity contribution >= 4 is 9.84 Å². The minimum atomic E-state index is -5.30. The first kappa shape index (κ1) is 29.5. The molecule has 6 nitrogen and oxygen atoms in total. The van der Waals surface area contributed by atoms with Crippen LogP contribution in [0, 0.1) is 23.0 Å². The van der Waals surface area contributed by atoms with Gasteiger partial charge in [0.2, 0.25) is 0 Å². The van der Waals surface area contributed by atoms with Gasteiger partial charge in [0.1, 0.15) is 34.8 Å². The SMILES string of the molecule is CS(=O)(=O)c1cc(-c2ccc(-c3cn(Cc4ccc(F)cc4F)c(=O)c(C#N)c3C(F)(F)F)o2)cc(C(F)(F)F)c1. The summed E-state index contributed by atoms with van der Waals surface area (Å²) in [6, 6.07) is 7.07. The summed E-state index contributed by atoms with van der Waals surface area (Å²) in [5.74, 6) is -3.20. The Labute approximate surface area is 225 Å². The summed E-state index contributed by atoms with van der Waals surface area (Å²) in [5, 5.41) is 9.43. The molecule has 15 heteroatoms. The fourth-order valence-electron chi connectivity index (χ4n) is 3.96. The van der Waals surface area contributed by atoms with Crippen molar-refractivity contribution in [1.29, 1.82) is 5.26 Å². The first-order chi connectivity index (χ1) is 18.9. The van der Waals surface area contributed by atoms with Crippen molar-refractivity contribution in [3.63, 3.8) is 0 Å². The largest absolute Gasteiger partial charge is 0.456 e. The zero-order valence-corrected chi connectivity index (χ0v) is 21.2. The number of furan rings is 1. The van der Waals surface area contributed by atoms with E-state index in [0.29, 0.717) is 35.2 Å². The van der Waals surface area contributed by atoms with Crippen LogP contribution in [-0.4, -0.2) is 19.2 Å². The molecule has 0 radical (unpaired) electrons. The molecule has 0 unspecified atom stereocenters. The number of rotatable bonds is 5. The van der Waals surface area contributed by atoms with Crippen LogP contribution in [0.15, 0.2) is 68.8 Å². The summed E-state index contributed by atoms with van der Waals surface area (Å²) in [5.41, 5.74) is -7.56. The van der Waals surface area contributed by atoms with Crippen LogP contribution < -0.4 is 5.56 Å². The number of hydrogen-bond donors (Lipinski definition) is 0. The molecule has 0 aliphatic rings. The summed E-state index contributed by atoms with van der Waals surface area (Å²) in [7, 11) is -4.16. The van der Waals surface area contributed by atoms with E-state index in [2.05, 4.69) is 0 Å². The first-order valence-corrected chi connectivity index (χ1v) is 13.0. The van der Waals surface area contributed by atoms with Crippen LogP contribution in [0.4, 0.5) is 35.1 Å². The molecular formula is C26H14F8N2O4S. The second-order valence-corrected chi connectivity index (χ2v) is 10.8. The molecule has 4 aromatic rings. The van der Waals surface area contributed by atoms with Crippen LogP contribution >= 0.6 is 0 Å². The van der Waals surface area contributed by atoms with Crippen LogP contribution in [-0.2, 0) is 28.7 Å². The van der Waals surface area contributed by atoms with E-state index in [4.69, 9.17) is 4.42 Å². The fourth-order valence-corrected chi connectivity index (χ4v) is 4.64. The highest BCUT2D eigenvalue weighted by atomic mass is 32.2. The van der Waals surface area contributed by atoms with E-state index in [1.807, 2.05) is 0 Å². The average Bonchev–Trinajstić information content (AvgIpc) is 3.35. The van der Waals surface area contributed by atoms with E-state index < -0.39 is 90.2 Å². The summed E-state index contributed by atoms with van der Waals surface area (Å²) < 4.78 is 140. The number of pyridine rings is 1. The van der Waals surface area contributed by atoms with Gasteiger partial charge in [-0.1, -0.05) is 6.07 Å². The number of nitriles is 1. The zero-order chi connectivity index (χ0) is 30.5. The predicted molar refractivity (Wildman–Crippen MR) is 127 cm³/mol. The van der Waals surface area contributed by atoms with Gasteiger partial charge in [0, 0.05) is 35.2 Å². The number of halogens is 8. The molecule has 0 aliphatic heterocycles. The predicted octanol–water partition coefficient (Wildman–Crippen LogP) is 6.41. The van der Waals surface area contributed by atoms with Crippen LogP contribution in [0.1, 0.15) is 22.3 Å². The smallest absolute Gasteiger partial charge is 0.418 e. The lowest BCUT2D eigenvalue weighted by Gasteiger charge is -2.16. The molecule has 0 saturated carbocycles. The third-order valence-electron chi connectivity index (χ3n) is 5.85. The van der Waals surface area contributed by atoms with Crippen LogP contribution in [0.2, 0.25) is 0 Å². The molecule has 0 bridgehead atoms. The van der Waals surface area contributed by atoms with Gasteiger partial charge in [-0.25, -0.2) is 17.2 Å².